The van der Waals surface area contributed by atoms with E-state index >= 15 is 0 Å². The van der Waals surface area contributed by atoms with E-state index < -0.39 is 42.0 Å². The average molecular weight is 496 g/mol. The number of fused-ring (bicyclic) bond motifs is 1. The lowest BCUT2D eigenvalue weighted by Gasteiger charge is -2.26. The largest absolute Gasteiger partial charge is 0.415 e. The Morgan fingerprint density at radius 3 is 2.50 bits per heavy atom. The molecule has 0 saturated heterocycles. The maximum atomic E-state index is 14.1. The van der Waals surface area contributed by atoms with Crippen LogP contribution in [0.25, 0.3) is 11.5 Å². The van der Waals surface area contributed by atoms with Gasteiger partial charge in [-0.25, -0.2) is 9.37 Å². The summed E-state index contributed by atoms with van der Waals surface area (Å²) in [5.41, 5.74) is 1.48. The van der Waals surface area contributed by atoms with E-state index in [-0.39, 0.29) is 40.5 Å². The van der Waals surface area contributed by atoms with Crippen molar-refractivity contribution in [2.45, 2.75) is 24.8 Å². The first-order chi connectivity index (χ1) is 17.4. The van der Waals surface area contributed by atoms with Gasteiger partial charge in [0.2, 0.25) is 11.8 Å². The number of rotatable bonds is 7. The van der Waals surface area contributed by atoms with E-state index in [2.05, 4.69) is 20.4 Å². The first-order valence-electron chi connectivity index (χ1n) is 10.8. The van der Waals surface area contributed by atoms with Gasteiger partial charge in [0.1, 0.15) is 11.9 Å². The smallest absolute Gasteiger partial charge is 0.314 e. The molecule has 182 valence electrons. The van der Waals surface area contributed by atoms with Crippen molar-refractivity contribution in [1.29, 1.82) is 0 Å². The molecule has 0 spiro atoms. The molecular formula is C25H16F4N4O3. The number of nitrogens with zero attached hydrogens (tertiary/aromatic N) is 4. The molecule has 5 rings (SSSR count). The molecular weight excluding hydrogens is 480 g/mol. The van der Waals surface area contributed by atoms with Gasteiger partial charge < -0.3 is 4.42 Å². The van der Waals surface area contributed by atoms with Crippen LogP contribution in [-0.4, -0.2) is 21.0 Å². The Morgan fingerprint density at radius 1 is 1.00 bits per heavy atom. The van der Waals surface area contributed by atoms with Crippen molar-refractivity contribution < 1.29 is 26.8 Å². The van der Waals surface area contributed by atoms with E-state index in [9.17, 15) is 27.3 Å². The monoisotopic (exact) mass is 496 g/mol. The van der Waals surface area contributed by atoms with Gasteiger partial charge in [0.05, 0.1) is 5.69 Å². The number of ketones is 1. The number of alkyl halides is 2. The number of benzene rings is 2. The number of pyridine rings is 1. The van der Waals surface area contributed by atoms with Crippen LogP contribution in [0.2, 0.25) is 0 Å². The van der Waals surface area contributed by atoms with Crippen LogP contribution >= 0.6 is 0 Å². The van der Waals surface area contributed by atoms with Crippen molar-refractivity contribution >= 4 is 5.78 Å². The summed E-state index contributed by atoms with van der Waals surface area (Å²) >= 11 is 0. The van der Waals surface area contributed by atoms with Crippen LogP contribution in [0, 0.1) is 22.6 Å². The highest BCUT2D eigenvalue weighted by molar-refractivity contribution is 6.03. The molecule has 2 aromatic heterocycles. The van der Waals surface area contributed by atoms with Gasteiger partial charge in [0, 0.05) is 23.0 Å². The van der Waals surface area contributed by atoms with E-state index in [0.717, 1.165) is 12.1 Å². The van der Waals surface area contributed by atoms with Crippen LogP contribution in [0.3, 0.4) is 0 Å². The van der Waals surface area contributed by atoms with E-state index in [4.69, 9.17) is 4.42 Å². The molecule has 0 radical (unpaired) electrons. The number of hydrogen-bond acceptors (Lipinski definition) is 7. The molecule has 0 N–H and O–H groups in total. The molecule has 2 heterocycles. The van der Waals surface area contributed by atoms with E-state index in [1.54, 1.807) is 12.1 Å². The molecule has 3 atom stereocenters. The van der Waals surface area contributed by atoms with Gasteiger partial charge in [0.15, 0.2) is 5.78 Å². The minimum absolute atomic E-state index is 0.119. The number of carbonyl (C=O) groups excluding carboxylic acids is 1. The summed E-state index contributed by atoms with van der Waals surface area (Å²) < 4.78 is 58.7. The Labute approximate surface area is 201 Å². The lowest BCUT2D eigenvalue weighted by atomic mass is 9.78. The second kappa shape index (κ2) is 9.40. The lowest BCUT2D eigenvalue weighted by molar-refractivity contribution is 0.0908. The molecule has 0 amide bonds. The van der Waals surface area contributed by atoms with Crippen molar-refractivity contribution in [2.75, 3.05) is 0 Å². The maximum Gasteiger partial charge on any atom is 0.314 e. The molecule has 1 aliphatic rings. The zero-order chi connectivity index (χ0) is 25.4. The highest BCUT2D eigenvalue weighted by Crippen LogP contribution is 2.45. The van der Waals surface area contributed by atoms with Crippen LogP contribution in [-0.2, 0) is 6.42 Å². The molecule has 1 unspecified atom stereocenters. The lowest BCUT2D eigenvalue weighted by Crippen LogP contribution is -2.25. The summed E-state index contributed by atoms with van der Waals surface area (Å²) in [4.78, 5) is 29.5. The molecule has 1 aliphatic carbocycles. The summed E-state index contributed by atoms with van der Waals surface area (Å²) in [5, 5.41) is 10.1. The standard InChI is InChI=1S/C25H16F4N4O3/c26-15-4-1-3-13(9-15)21(33-35)20(18-5-2-6-19(27)30-18)17-10-12-7-8-14(11-16(12)22(17)34)24-31-32-25(36-24)23(28)29/h1-9,11,17,20-21,23H,10H2/t17?,20-,21+/m1/s1. The number of halogens is 4. The van der Waals surface area contributed by atoms with Crippen LogP contribution in [0.1, 0.15) is 51.5 Å². The molecule has 0 aliphatic heterocycles. The number of carbonyl (C=O) groups is 1. The Bertz CT molecular complexity index is 1460. The summed E-state index contributed by atoms with van der Waals surface area (Å²) in [5.74, 6) is -4.70. The zero-order valence-electron chi connectivity index (χ0n) is 18.3. The minimum atomic E-state index is -2.94. The fourth-order valence-electron chi connectivity index (χ4n) is 4.60. The first kappa shape index (κ1) is 23.5. The van der Waals surface area contributed by atoms with Crippen molar-refractivity contribution in [2.24, 2.45) is 11.1 Å². The van der Waals surface area contributed by atoms with Gasteiger partial charge in [-0.3, -0.25) is 4.79 Å². The van der Waals surface area contributed by atoms with Crippen molar-refractivity contribution in [3.8, 4) is 11.5 Å². The predicted molar refractivity (Wildman–Crippen MR) is 118 cm³/mol. The Kier molecular flexibility index (Phi) is 6.13. The van der Waals surface area contributed by atoms with E-state index in [0.29, 0.717) is 5.56 Å². The second-order valence-electron chi connectivity index (χ2n) is 8.31. The fourth-order valence-corrected chi connectivity index (χ4v) is 4.60. The zero-order valence-corrected chi connectivity index (χ0v) is 18.3. The summed E-state index contributed by atoms with van der Waals surface area (Å²) in [6.45, 7) is 0. The minimum Gasteiger partial charge on any atom is -0.415 e. The van der Waals surface area contributed by atoms with Crippen LogP contribution in [0.15, 0.2) is 70.3 Å². The van der Waals surface area contributed by atoms with Crippen molar-refractivity contribution in [3.05, 3.63) is 106 Å². The van der Waals surface area contributed by atoms with Gasteiger partial charge in [-0.05, 0) is 53.9 Å². The molecule has 36 heavy (non-hydrogen) atoms. The number of hydrogen-bond donors (Lipinski definition) is 0. The van der Waals surface area contributed by atoms with Crippen LogP contribution in [0.5, 0.6) is 0 Å². The highest BCUT2D eigenvalue weighted by Gasteiger charge is 2.43. The SMILES string of the molecule is O=N[C@@H](c1cccc(F)c1)[C@@H](c1cccc(F)n1)C1Cc2ccc(-c3nnc(C(F)F)o3)cc2C1=O. The quantitative estimate of drug-likeness (QED) is 0.177. The van der Waals surface area contributed by atoms with Crippen molar-refractivity contribution in [1.82, 2.24) is 15.2 Å². The Balaban J connectivity index is 1.56. The predicted octanol–water partition coefficient (Wildman–Crippen LogP) is 5.99. The highest BCUT2D eigenvalue weighted by atomic mass is 19.3. The molecule has 0 saturated carbocycles. The van der Waals surface area contributed by atoms with Crippen LogP contribution < -0.4 is 0 Å². The topological polar surface area (TPSA) is 98.3 Å². The van der Waals surface area contributed by atoms with Gasteiger partial charge in [-0.2, -0.15) is 18.1 Å². The molecule has 7 nitrogen and oxygen atoms in total. The second-order valence-corrected chi connectivity index (χ2v) is 8.31. The van der Waals surface area contributed by atoms with Gasteiger partial charge >= 0.3 is 6.43 Å². The third kappa shape index (κ3) is 4.28. The van der Waals surface area contributed by atoms with Gasteiger partial charge in [0.25, 0.3) is 5.89 Å². The summed E-state index contributed by atoms with van der Waals surface area (Å²) in [6.07, 6.45) is -2.77. The normalized spacial score (nSPS) is 16.7. The van der Waals surface area contributed by atoms with Gasteiger partial charge in [-0.15, -0.1) is 10.2 Å². The van der Waals surface area contributed by atoms with E-state index in [1.807, 2.05) is 0 Å². The first-order valence-corrected chi connectivity index (χ1v) is 10.8. The van der Waals surface area contributed by atoms with E-state index in [1.165, 1.54) is 36.4 Å². The summed E-state index contributed by atoms with van der Waals surface area (Å²) in [7, 11) is 0. The number of nitroso groups, excluding NO2 is 1. The average Bonchev–Trinajstić information content (AvgIpc) is 3.48. The molecule has 11 heteroatoms. The molecule has 2 aromatic carbocycles. The summed E-state index contributed by atoms with van der Waals surface area (Å²) in [6, 6.07) is 12.7. The molecule has 4 aromatic rings. The maximum absolute atomic E-state index is 14.1. The van der Waals surface area contributed by atoms with Crippen LogP contribution in [0.4, 0.5) is 17.6 Å². The molecule has 0 fully saturated rings. The van der Waals surface area contributed by atoms with Crippen molar-refractivity contribution in [3.63, 3.8) is 0 Å². The fraction of sp³-hybridized carbons (Fsp3) is 0.200. The molecule has 0 bridgehead atoms. The van der Waals surface area contributed by atoms with Gasteiger partial charge in [-0.1, -0.05) is 29.4 Å². The Morgan fingerprint density at radius 2 is 1.81 bits per heavy atom. The number of Topliss-reactive ketones (excluding diaryl/α,β-unsaturated/α-hetero) is 1. The number of aromatic nitrogens is 3. The third-order valence-corrected chi connectivity index (χ3v) is 6.18. The third-order valence-electron chi connectivity index (χ3n) is 6.18. The Hall–Kier alpha value is -4.28.